The first-order valence-electron chi connectivity index (χ1n) is 3.71. The van der Waals surface area contributed by atoms with Gasteiger partial charge in [-0.1, -0.05) is 41.9 Å². The zero-order chi connectivity index (χ0) is 9.26. The molecule has 0 aliphatic rings. The summed E-state index contributed by atoms with van der Waals surface area (Å²) in [4.78, 5) is 11.1. The van der Waals surface area contributed by atoms with Gasteiger partial charge in [0.15, 0.2) is 0 Å². The molecular weight excluding hydrogens is 206 g/mol. The molecule has 0 fully saturated rings. The van der Waals surface area contributed by atoms with Crippen LogP contribution < -0.4 is 4.74 Å². The van der Waals surface area contributed by atoms with Crippen LogP contribution in [0.25, 0.3) is 11.3 Å². The summed E-state index contributed by atoms with van der Waals surface area (Å²) in [6.45, 7) is 0. The maximum atomic E-state index is 11.1. The molecule has 0 aliphatic heterocycles. The van der Waals surface area contributed by atoms with Crippen LogP contribution >= 0.6 is 23.1 Å². The topological polar surface area (TPSA) is 32.9 Å². The highest BCUT2D eigenvalue weighted by Gasteiger charge is 2.08. The number of H-pyrrole nitrogens is 1. The van der Waals surface area contributed by atoms with Crippen LogP contribution in [0.2, 0.25) is 5.02 Å². The van der Waals surface area contributed by atoms with Gasteiger partial charge in [0.05, 0.1) is 5.69 Å². The molecule has 0 bridgehead atoms. The predicted molar refractivity (Wildman–Crippen MR) is 55.4 cm³/mol. The van der Waals surface area contributed by atoms with Gasteiger partial charge in [0.1, 0.15) is 5.02 Å². The third-order valence-electron chi connectivity index (χ3n) is 1.71. The van der Waals surface area contributed by atoms with Crippen LogP contribution in [0.1, 0.15) is 0 Å². The van der Waals surface area contributed by atoms with Gasteiger partial charge in [-0.2, -0.15) is 0 Å². The van der Waals surface area contributed by atoms with E-state index in [4.69, 9.17) is 11.6 Å². The summed E-state index contributed by atoms with van der Waals surface area (Å²) >= 11 is 6.82. The molecule has 0 unspecified atom stereocenters. The number of aromatic nitrogens is 1. The van der Waals surface area contributed by atoms with Crippen LogP contribution in [0.15, 0.2) is 35.1 Å². The van der Waals surface area contributed by atoms with Gasteiger partial charge in [0.25, 0.3) is 4.74 Å². The van der Waals surface area contributed by atoms with Crippen LogP contribution in [-0.2, 0) is 0 Å². The first-order chi connectivity index (χ1) is 6.29. The van der Waals surface area contributed by atoms with Gasteiger partial charge in [-0.15, -0.1) is 0 Å². The largest absolute Gasteiger partial charge is 0.306 e. The summed E-state index contributed by atoms with van der Waals surface area (Å²) in [6, 6.07) is 9.54. The van der Waals surface area contributed by atoms with Crippen molar-refractivity contribution >= 4 is 23.1 Å². The zero-order valence-electron chi connectivity index (χ0n) is 6.58. The van der Waals surface area contributed by atoms with Crippen molar-refractivity contribution in [3.8, 4) is 11.3 Å². The first kappa shape index (κ1) is 8.53. The zero-order valence-corrected chi connectivity index (χ0v) is 8.15. The van der Waals surface area contributed by atoms with E-state index in [0.29, 0.717) is 5.69 Å². The third-order valence-corrected chi connectivity index (χ3v) is 2.88. The van der Waals surface area contributed by atoms with Crippen molar-refractivity contribution in [3.05, 3.63) is 44.9 Å². The molecule has 2 rings (SSSR count). The van der Waals surface area contributed by atoms with E-state index in [0.717, 1.165) is 17.1 Å². The molecule has 0 saturated carbocycles. The summed E-state index contributed by atoms with van der Waals surface area (Å²) in [7, 11) is 0. The van der Waals surface area contributed by atoms with Crippen molar-refractivity contribution in [2.75, 3.05) is 0 Å². The Balaban J connectivity index is 2.60. The van der Waals surface area contributed by atoms with Crippen LogP contribution in [0.4, 0.5) is 0 Å². The lowest BCUT2D eigenvalue weighted by molar-refractivity contribution is 1.52. The van der Waals surface area contributed by atoms with E-state index in [9.17, 15) is 4.79 Å². The molecule has 66 valence electrons. The van der Waals surface area contributed by atoms with Gasteiger partial charge in [0.2, 0.25) is 0 Å². The molecule has 2 nitrogen and oxygen atoms in total. The Morgan fingerprint density at radius 2 is 1.92 bits per heavy atom. The Hall–Kier alpha value is -1.06. The maximum absolute atomic E-state index is 11.1. The second kappa shape index (κ2) is 3.36. The monoisotopic (exact) mass is 211 g/mol. The minimum absolute atomic E-state index is 0.125. The van der Waals surface area contributed by atoms with Crippen LogP contribution in [0.5, 0.6) is 0 Å². The highest BCUT2D eigenvalue weighted by atomic mass is 35.5. The average molecular weight is 212 g/mol. The molecule has 1 N–H and O–H groups in total. The lowest BCUT2D eigenvalue weighted by Crippen LogP contribution is -1.87. The second-order valence-corrected chi connectivity index (χ2v) is 3.70. The fourth-order valence-corrected chi connectivity index (χ4v) is 2.01. The molecule has 13 heavy (non-hydrogen) atoms. The molecule has 0 saturated heterocycles. The molecule has 1 aromatic carbocycles. The van der Waals surface area contributed by atoms with Crippen molar-refractivity contribution in [3.63, 3.8) is 0 Å². The van der Waals surface area contributed by atoms with Crippen molar-refractivity contribution in [1.82, 2.24) is 4.37 Å². The molecule has 1 aromatic heterocycles. The fourth-order valence-electron chi connectivity index (χ4n) is 1.08. The number of benzene rings is 1. The Kier molecular flexibility index (Phi) is 2.20. The number of rotatable bonds is 1. The van der Waals surface area contributed by atoms with Crippen LogP contribution in [0, 0.1) is 0 Å². The van der Waals surface area contributed by atoms with E-state index >= 15 is 0 Å². The van der Waals surface area contributed by atoms with Crippen molar-refractivity contribution < 1.29 is 0 Å². The smallest absolute Gasteiger partial charge is 0.268 e. The minimum atomic E-state index is -0.125. The van der Waals surface area contributed by atoms with Crippen LogP contribution in [0.3, 0.4) is 0 Å². The van der Waals surface area contributed by atoms with Gasteiger partial charge in [-0.3, -0.25) is 4.79 Å². The number of aromatic amines is 1. The summed E-state index contributed by atoms with van der Waals surface area (Å²) in [5.74, 6) is 0. The molecule has 0 amide bonds. The van der Waals surface area contributed by atoms with Gasteiger partial charge in [-0.25, -0.2) is 0 Å². The van der Waals surface area contributed by atoms with Gasteiger partial charge >= 0.3 is 0 Å². The normalized spacial score (nSPS) is 10.2. The van der Waals surface area contributed by atoms with E-state index in [-0.39, 0.29) is 9.77 Å². The Morgan fingerprint density at radius 1 is 1.23 bits per heavy atom. The SMILES string of the molecule is O=c1s[nH]c(-c2ccccc2)c1Cl. The standard InChI is InChI=1S/C9H6ClNOS/c10-7-8(11-13-9(7)12)6-4-2-1-3-5-6/h1-5,11H. The van der Waals surface area contributed by atoms with Gasteiger partial charge < -0.3 is 4.37 Å². The first-order valence-corrected chi connectivity index (χ1v) is 4.91. The molecule has 0 radical (unpaired) electrons. The highest BCUT2D eigenvalue weighted by Crippen LogP contribution is 2.23. The Bertz CT molecular complexity index is 460. The maximum Gasteiger partial charge on any atom is 0.268 e. The van der Waals surface area contributed by atoms with E-state index in [1.807, 2.05) is 30.3 Å². The third kappa shape index (κ3) is 1.53. The van der Waals surface area contributed by atoms with Crippen molar-refractivity contribution in [1.29, 1.82) is 0 Å². The van der Waals surface area contributed by atoms with Crippen molar-refractivity contribution in [2.45, 2.75) is 0 Å². The van der Waals surface area contributed by atoms with E-state index < -0.39 is 0 Å². The highest BCUT2D eigenvalue weighted by molar-refractivity contribution is 7.04. The summed E-state index contributed by atoms with van der Waals surface area (Å²) in [5, 5.41) is 0.274. The molecule has 1 heterocycles. The number of halogens is 1. The molecule has 4 heteroatoms. The Morgan fingerprint density at radius 3 is 2.46 bits per heavy atom. The molecule has 0 aliphatic carbocycles. The second-order valence-electron chi connectivity index (χ2n) is 2.55. The van der Waals surface area contributed by atoms with Crippen molar-refractivity contribution in [2.24, 2.45) is 0 Å². The van der Waals surface area contributed by atoms with E-state index in [1.165, 1.54) is 0 Å². The molecular formula is C9H6ClNOS. The summed E-state index contributed by atoms with van der Waals surface area (Å²) in [6.07, 6.45) is 0. The van der Waals surface area contributed by atoms with E-state index in [2.05, 4.69) is 4.37 Å². The van der Waals surface area contributed by atoms with Crippen LogP contribution in [-0.4, -0.2) is 4.37 Å². The average Bonchev–Trinajstić information content (AvgIpc) is 2.49. The molecule has 0 atom stereocenters. The summed E-state index contributed by atoms with van der Waals surface area (Å²) < 4.78 is 2.76. The minimum Gasteiger partial charge on any atom is -0.306 e. The molecule has 0 spiro atoms. The number of hydrogen-bond donors (Lipinski definition) is 1. The number of hydrogen-bond acceptors (Lipinski definition) is 2. The van der Waals surface area contributed by atoms with Gasteiger partial charge in [-0.05, 0) is 11.5 Å². The van der Waals surface area contributed by atoms with Gasteiger partial charge in [0, 0.05) is 5.56 Å². The molecule has 2 aromatic rings. The Labute approximate surface area is 84.0 Å². The summed E-state index contributed by atoms with van der Waals surface area (Å²) in [5.41, 5.74) is 1.64. The lowest BCUT2D eigenvalue weighted by Gasteiger charge is -1.95. The predicted octanol–water partition coefficient (Wildman–Crippen LogP) is 2.76. The van der Waals surface area contributed by atoms with E-state index in [1.54, 1.807) is 0 Å². The fraction of sp³-hybridized carbons (Fsp3) is 0. The lowest BCUT2D eigenvalue weighted by atomic mass is 10.2. The quantitative estimate of drug-likeness (QED) is 0.773. The number of nitrogens with one attached hydrogen (secondary N) is 1.